The van der Waals surface area contributed by atoms with Crippen LogP contribution in [-0.4, -0.2) is 35.5 Å². The molecular formula is C11H12BrN3O4S2. The summed E-state index contributed by atoms with van der Waals surface area (Å²) in [5.41, 5.74) is 0.535. The van der Waals surface area contributed by atoms with E-state index in [-0.39, 0.29) is 11.3 Å². The number of rotatable bonds is 6. The van der Waals surface area contributed by atoms with Crippen LogP contribution in [0.3, 0.4) is 0 Å². The van der Waals surface area contributed by atoms with Gasteiger partial charge < -0.3 is 10.1 Å². The number of aromatic amines is 1. The van der Waals surface area contributed by atoms with E-state index in [1.165, 1.54) is 29.9 Å². The topological polar surface area (TPSA) is 112 Å². The van der Waals surface area contributed by atoms with Crippen molar-refractivity contribution < 1.29 is 18.3 Å². The molecule has 0 aliphatic heterocycles. The van der Waals surface area contributed by atoms with Crippen molar-refractivity contribution in [1.82, 2.24) is 14.7 Å². The van der Waals surface area contributed by atoms with E-state index in [1.807, 2.05) is 0 Å². The Bertz CT molecular complexity index is 740. The minimum absolute atomic E-state index is 0.0150. The van der Waals surface area contributed by atoms with Gasteiger partial charge in [-0.25, -0.2) is 13.4 Å². The molecule has 0 fully saturated rings. The molecule has 0 spiro atoms. The average Bonchev–Trinajstić information content (AvgIpc) is 2.98. The van der Waals surface area contributed by atoms with E-state index in [9.17, 15) is 18.3 Å². The fraction of sp³-hybridized carbons (Fsp3) is 0.273. The predicted molar refractivity (Wildman–Crippen MR) is 80.8 cm³/mol. The highest BCUT2D eigenvalue weighted by Crippen LogP contribution is 2.29. The number of carboxylic acids is 1. The van der Waals surface area contributed by atoms with Crippen LogP contribution in [0.2, 0.25) is 0 Å². The molecule has 0 bridgehead atoms. The maximum atomic E-state index is 12.3. The van der Waals surface area contributed by atoms with Crippen molar-refractivity contribution in [2.45, 2.75) is 24.3 Å². The van der Waals surface area contributed by atoms with Gasteiger partial charge in [0.1, 0.15) is 6.04 Å². The van der Waals surface area contributed by atoms with Crippen LogP contribution in [0, 0.1) is 6.92 Å². The van der Waals surface area contributed by atoms with Crippen LogP contribution in [0.15, 0.2) is 27.3 Å². The van der Waals surface area contributed by atoms with Crippen molar-refractivity contribution in [2.75, 3.05) is 0 Å². The zero-order valence-corrected chi connectivity index (χ0v) is 14.0. The monoisotopic (exact) mass is 393 g/mol. The van der Waals surface area contributed by atoms with Gasteiger partial charge in [-0.3, -0.25) is 4.79 Å². The van der Waals surface area contributed by atoms with Crippen LogP contribution in [0.5, 0.6) is 0 Å². The third-order valence-electron chi connectivity index (χ3n) is 2.71. The van der Waals surface area contributed by atoms with Gasteiger partial charge in [-0.2, -0.15) is 4.72 Å². The Morgan fingerprint density at radius 2 is 2.33 bits per heavy atom. The molecule has 3 N–H and O–H groups in total. The van der Waals surface area contributed by atoms with E-state index < -0.39 is 22.0 Å². The highest BCUT2D eigenvalue weighted by atomic mass is 79.9. The molecule has 0 aliphatic carbocycles. The molecule has 0 saturated heterocycles. The molecule has 7 nitrogen and oxygen atoms in total. The fourth-order valence-corrected chi connectivity index (χ4v) is 5.35. The summed E-state index contributed by atoms with van der Waals surface area (Å²) >= 11 is 4.49. The molecule has 114 valence electrons. The highest BCUT2D eigenvalue weighted by molar-refractivity contribution is 9.11. The van der Waals surface area contributed by atoms with Gasteiger partial charge in [0, 0.05) is 23.2 Å². The van der Waals surface area contributed by atoms with E-state index in [4.69, 9.17) is 0 Å². The number of thiophene rings is 1. The molecule has 2 aromatic rings. The minimum Gasteiger partial charge on any atom is -0.480 e. The van der Waals surface area contributed by atoms with Crippen molar-refractivity contribution in [2.24, 2.45) is 0 Å². The lowest BCUT2D eigenvalue weighted by Crippen LogP contribution is -2.42. The second-order valence-electron chi connectivity index (χ2n) is 4.26. The number of aryl methyl sites for hydroxylation is 1. The second-order valence-corrected chi connectivity index (χ2v) is 8.58. The highest BCUT2D eigenvalue weighted by Gasteiger charge is 2.28. The van der Waals surface area contributed by atoms with E-state index in [0.717, 1.165) is 0 Å². The van der Waals surface area contributed by atoms with Gasteiger partial charge in [-0.15, -0.1) is 11.3 Å². The van der Waals surface area contributed by atoms with Crippen molar-refractivity contribution in [3.63, 3.8) is 0 Å². The summed E-state index contributed by atoms with van der Waals surface area (Å²) in [4.78, 5) is 18.4. The smallest absolute Gasteiger partial charge is 0.322 e. The Morgan fingerprint density at radius 3 is 2.81 bits per heavy atom. The molecule has 2 heterocycles. The first-order chi connectivity index (χ1) is 9.79. The normalized spacial score (nSPS) is 13.2. The lowest BCUT2D eigenvalue weighted by atomic mass is 10.2. The molecule has 1 atom stereocenters. The van der Waals surface area contributed by atoms with Gasteiger partial charge in [-0.05, 0) is 28.9 Å². The first kappa shape index (κ1) is 16.1. The average molecular weight is 394 g/mol. The van der Waals surface area contributed by atoms with Gasteiger partial charge in [0.2, 0.25) is 10.0 Å². The lowest BCUT2D eigenvalue weighted by Gasteiger charge is -2.13. The number of aromatic nitrogens is 2. The van der Waals surface area contributed by atoms with Gasteiger partial charge in [0.05, 0.1) is 15.0 Å². The molecule has 0 aromatic carbocycles. The summed E-state index contributed by atoms with van der Waals surface area (Å²) < 4.78 is 27.5. The number of nitrogens with one attached hydrogen (secondary N) is 2. The summed E-state index contributed by atoms with van der Waals surface area (Å²) in [5.74, 6) is -1.25. The Hall–Kier alpha value is -1.23. The Morgan fingerprint density at radius 1 is 1.62 bits per heavy atom. The number of carbonyl (C=O) groups is 1. The summed E-state index contributed by atoms with van der Waals surface area (Å²) in [6, 6.07) is 0.186. The second kappa shape index (κ2) is 6.26. The number of sulfonamides is 1. The van der Waals surface area contributed by atoms with Crippen LogP contribution < -0.4 is 4.72 Å². The van der Waals surface area contributed by atoms with Crippen molar-refractivity contribution >= 4 is 43.3 Å². The third kappa shape index (κ3) is 3.90. The van der Waals surface area contributed by atoms with Crippen LogP contribution in [-0.2, 0) is 21.2 Å². The molecule has 2 rings (SSSR count). The number of aliphatic carboxylic acids is 1. The lowest BCUT2D eigenvalue weighted by molar-refractivity contribution is -0.138. The van der Waals surface area contributed by atoms with Gasteiger partial charge in [0.25, 0.3) is 0 Å². The summed E-state index contributed by atoms with van der Waals surface area (Å²) in [5, 5.41) is 9.19. The van der Waals surface area contributed by atoms with Gasteiger partial charge >= 0.3 is 5.97 Å². The predicted octanol–water partition coefficient (Wildman–Crippen LogP) is 1.52. The van der Waals surface area contributed by atoms with Crippen LogP contribution in [0.1, 0.15) is 10.6 Å². The minimum atomic E-state index is -3.90. The molecule has 0 amide bonds. The van der Waals surface area contributed by atoms with Crippen LogP contribution in [0.25, 0.3) is 0 Å². The number of carboxylic acid groups (broad SMARTS) is 1. The van der Waals surface area contributed by atoms with E-state index >= 15 is 0 Å². The number of H-pyrrole nitrogens is 1. The maximum absolute atomic E-state index is 12.3. The van der Waals surface area contributed by atoms with E-state index in [2.05, 4.69) is 30.6 Å². The number of halogens is 1. The standard InChI is InChI=1S/C11H12BrN3O4S2/c1-6-9(3-10(12)20-6)21(18,19)15-8(11(16)17)2-7-4-13-5-14-7/h3-5,8,15H,2H2,1H3,(H,13,14)(H,16,17)/t8-/m1/s1. The van der Waals surface area contributed by atoms with Crippen molar-refractivity contribution in [3.8, 4) is 0 Å². The summed E-state index contributed by atoms with van der Waals surface area (Å²) in [6.45, 7) is 1.66. The fourth-order valence-electron chi connectivity index (χ4n) is 1.74. The van der Waals surface area contributed by atoms with E-state index in [0.29, 0.717) is 14.4 Å². The first-order valence-electron chi connectivity index (χ1n) is 5.78. The van der Waals surface area contributed by atoms with E-state index in [1.54, 1.807) is 6.92 Å². The first-order valence-corrected chi connectivity index (χ1v) is 8.87. The Labute approximate surface area is 133 Å². The van der Waals surface area contributed by atoms with Gasteiger partial charge in [0.15, 0.2) is 0 Å². The molecule has 21 heavy (non-hydrogen) atoms. The third-order valence-corrected chi connectivity index (χ3v) is 5.99. The molecule has 2 aromatic heterocycles. The largest absolute Gasteiger partial charge is 0.480 e. The number of imidazole rings is 1. The van der Waals surface area contributed by atoms with Crippen LogP contribution in [0.4, 0.5) is 0 Å². The molecular weight excluding hydrogens is 382 g/mol. The number of nitrogens with zero attached hydrogens (tertiary/aromatic N) is 1. The van der Waals surface area contributed by atoms with Crippen molar-refractivity contribution in [1.29, 1.82) is 0 Å². The number of hydrogen-bond donors (Lipinski definition) is 3. The summed E-state index contributed by atoms with van der Waals surface area (Å²) in [6.07, 6.45) is 2.85. The molecule has 0 aliphatic rings. The molecule has 0 radical (unpaired) electrons. The SMILES string of the molecule is Cc1sc(Br)cc1S(=O)(=O)N[C@H](Cc1cnc[nH]1)C(=O)O. The quantitative estimate of drug-likeness (QED) is 0.688. The summed E-state index contributed by atoms with van der Waals surface area (Å²) in [7, 11) is -3.90. The maximum Gasteiger partial charge on any atom is 0.322 e. The molecule has 10 heteroatoms. The molecule has 0 saturated carbocycles. The Kier molecular flexibility index (Phi) is 4.81. The van der Waals surface area contributed by atoms with Crippen molar-refractivity contribution in [3.05, 3.63) is 32.9 Å². The number of hydrogen-bond acceptors (Lipinski definition) is 5. The molecule has 0 unspecified atom stereocenters. The zero-order valence-electron chi connectivity index (χ0n) is 10.8. The Balaban J connectivity index is 2.23. The zero-order chi connectivity index (χ0) is 15.6. The van der Waals surface area contributed by atoms with Crippen LogP contribution >= 0.6 is 27.3 Å². The van der Waals surface area contributed by atoms with Gasteiger partial charge in [-0.1, -0.05) is 0 Å².